The van der Waals surface area contributed by atoms with E-state index in [1.165, 1.54) is 11.3 Å². The monoisotopic (exact) mass is 442 g/mol. The highest BCUT2D eigenvalue weighted by atomic mass is 16.5. The van der Waals surface area contributed by atoms with Gasteiger partial charge in [-0.1, -0.05) is 43.3 Å². The molecule has 1 N–H and O–H groups in total. The summed E-state index contributed by atoms with van der Waals surface area (Å²) in [7, 11) is 1.59. The number of aliphatic imine (C=N–C) groups is 1. The van der Waals surface area contributed by atoms with Gasteiger partial charge in [-0.15, -0.1) is 0 Å². The van der Waals surface area contributed by atoms with Gasteiger partial charge in [-0.2, -0.15) is 0 Å². The number of carbonyl (C=O) groups excluding carboxylic acids is 1. The van der Waals surface area contributed by atoms with Crippen molar-refractivity contribution in [2.45, 2.75) is 13.3 Å². The SMILES string of the molecule is CCc1cccc(N=C(NC(=O)c2cccc(OC)c2)N2CCN(c3ccccc3)CC2)c1. The molecule has 0 atom stereocenters. The normalized spacial score (nSPS) is 14.2. The van der Waals surface area contributed by atoms with E-state index in [0.717, 1.165) is 38.3 Å². The Balaban J connectivity index is 1.56. The molecule has 1 fully saturated rings. The van der Waals surface area contributed by atoms with Crippen LogP contribution in [0.2, 0.25) is 0 Å². The van der Waals surface area contributed by atoms with Gasteiger partial charge in [-0.25, -0.2) is 4.99 Å². The summed E-state index contributed by atoms with van der Waals surface area (Å²) in [6.07, 6.45) is 0.935. The Morgan fingerprint density at radius 3 is 2.42 bits per heavy atom. The Morgan fingerprint density at radius 1 is 0.939 bits per heavy atom. The first-order valence-corrected chi connectivity index (χ1v) is 11.3. The van der Waals surface area contributed by atoms with Gasteiger partial charge in [0.1, 0.15) is 5.75 Å². The summed E-state index contributed by atoms with van der Waals surface area (Å²) in [5.74, 6) is 1.02. The van der Waals surface area contributed by atoms with Crippen molar-refractivity contribution in [3.05, 3.63) is 90.0 Å². The van der Waals surface area contributed by atoms with E-state index >= 15 is 0 Å². The van der Waals surface area contributed by atoms with Crippen LogP contribution in [0.1, 0.15) is 22.8 Å². The van der Waals surface area contributed by atoms with Gasteiger partial charge in [0.15, 0.2) is 0 Å². The van der Waals surface area contributed by atoms with Crippen molar-refractivity contribution < 1.29 is 9.53 Å². The first-order chi connectivity index (χ1) is 16.2. The van der Waals surface area contributed by atoms with Crippen molar-refractivity contribution in [1.82, 2.24) is 10.2 Å². The number of hydrogen-bond acceptors (Lipinski definition) is 4. The number of para-hydroxylation sites is 1. The molecule has 0 spiro atoms. The Hall–Kier alpha value is -3.80. The Morgan fingerprint density at radius 2 is 1.70 bits per heavy atom. The van der Waals surface area contributed by atoms with Crippen molar-refractivity contribution in [1.29, 1.82) is 0 Å². The molecule has 0 radical (unpaired) electrons. The van der Waals surface area contributed by atoms with Gasteiger partial charge in [0.2, 0.25) is 5.96 Å². The number of methoxy groups -OCH3 is 1. The van der Waals surface area contributed by atoms with Gasteiger partial charge in [0.25, 0.3) is 5.91 Å². The minimum Gasteiger partial charge on any atom is -0.497 e. The van der Waals surface area contributed by atoms with Crippen molar-refractivity contribution >= 4 is 23.2 Å². The van der Waals surface area contributed by atoms with Crippen molar-refractivity contribution in [2.75, 3.05) is 38.2 Å². The fraction of sp³-hybridized carbons (Fsp3) is 0.259. The molecule has 3 aromatic carbocycles. The molecule has 170 valence electrons. The molecule has 4 rings (SSSR count). The predicted octanol–water partition coefficient (Wildman–Crippen LogP) is 4.50. The van der Waals surface area contributed by atoms with E-state index in [1.807, 2.05) is 30.3 Å². The third kappa shape index (κ3) is 5.71. The van der Waals surface area contributed by atoms with Crippen molar-refractivity contribution in [2.24, 2.45) is 4.99 Å². The molecule has 1 saturated heterocycles. The second-order valence-corrected chi connectivity index (χ2v) is 7.95. The van der Waals surface area contributed by atoms with E-state index in [0.29, 0.717) is 17.3 Å². The maximum atomic E-state index is 13.1. The van der Waals surface area contributed by atoms with Crippen LogP contribution in [0.25, 0.3) is 0 Å². The molecule has 0 aromatic heterocycles. The fourth-order valence-corrected chi connectivity index (χ4v) is 3.90. The predicted molar refractivity (Wildman–Crippen MR) is 134 cm³/mol. The number of amides is 1. The molecule has 1 aliphatic rings. The summed E-state index contributed by atoms with van der Waals surface area (Å²) in [5.41, 5.74) is 3.79. The topological polar surface area (TPSA) is 57.2 Å². The summed E-state index contributed by atoms with van der Waals surface area (Å²) in [5, 5.41) is 3.06. The molecule has 33 heavy (non-hydrogen) atoms. The molecule has 3 aromatic rings. The van der Waals surface area contributed by atoms with Crippen molar-refractivity contribution in [3.63, 3.8) is 0 Å². The number of ether oxygens (including phenoxy) is 1. The van der Waals surface area contributed by atoms with Gasteiger partial charge >= 0.3 is 0 Å². The van der Waals surface area contributed by atoms with E-state index in [9.17, 15) is 4.79 Å². The summed E-state index contributed by atoms with van der Waals surface area (Å²) in [6.45, 7) is 5.36. The van der Waals surface area contributed by atoms with Crippen LogP contribution in [-0.4, -0.2) is 50.1 Å². The van der Waals surface area contributed by atoms with Crippen LogP contribution in [0.4, 0.5) is 11.4 Å². The van der Waals surface area contributed by atoms with Crippen molar-refractivity contribution in [3.8, 4) is 5.75 Å². The average molecular weight is 443 g/mol. The van der Waals surface area contributed by atoms with Crippen LogP contribution in [0.5, 0.6) is 5.75 Å². The van der Waals surface area contributed by atoms with Gasteiger partial charge in [-0.3, -0.25) is 10.1 Å². The van der Waals surface area contributed by atoms with Gasteiger partial charge < -0.3 is 14.5 Å². The maximum Gasteiger partial charge on any atom is 0.258 e. The second-order valence-electron chi connectivity index (χ2n) is 7.95. The minimum absolute atomic E-state index is 0.204. The number of hydrogen-bond donors (Lipinski definition) is 1. The lowest BCUT2D eigenvalue weighted by Crippen LogP contribution is -2.53. The molecule has 0 aliphatic carbocycles. The molecular weight excluding hydrogens is 412 g/mol. The molecular formula is C27H30N4O2. The van der Waals surface area contributed by atoms with Gasteiger partial charge in [0.05, 0.1) is 12.8 Å². The number of carbonyl (C=O) groups is 1. The molecule has 0 unspecified atom stereocenters. The van der Waals surface area contributed by atoms with Gasteiger partial charge in [0, 0.05) is 37.4 Å². The number of rotatable bonds is 5. The number of guanidine groups is 1. The van der Waals surface area contributed by atoms with E-state index < -0.39 is 0 Å². The number of anilines is 1. The smallest absolute Gasteiger partial charge is 0.258 e. The standard InChI is InChI=1S/C27H30N4O2/c1-3-21-9-7-11-23(19-21)28-27(29-26(32)22-10-8-14-25(20-22)33-2)31-17-15-30(16-18-31)24-12-5-4-6-13-24/h4-14,19-20H,3,15-18H2,1-2H3,(H,28,29,32). The minimum atomic E-state index is -0.204. The zero-order chi connectivity index (χ0) is 23.0. The Kier molecular flexibility index (Phi) is 7.25. The number of benzene rings is 3. The van der Waals surface area contributed by atoms with Crippen LogP contribution in [-0.2, 0) is 6.42 Å². The quantitative estimate of drug-likeness (QED) is 0.467. The summed E-state index contributed by atoms with van der Waals surface area (Å²) >= 11 is 0. The Labute approximate surface area is 195 Å². The van der Waals surface area contributed by atoms with Crippen LogP contribution < -0.4 is 15.0 Å². The van der Waals surface area contributed by atoms with Crippen LogP contribution in [0.3, 0.4) is 0 Å². The highest BCUT2D eigenvalue weighted by molar-refractivity contribution is 6.06. The lowest BCUT2D eigenvalue weighted by Gasteiger charge is -2.37. The molecule has 1 aliphatic heterocycles. The Bertz CT molecular complexity index is 1110. The van der Waals surface area contributed by atoms with Gasteiger partial charge in [-0.05, 0) is 54.4 Å². The van der Waals surface area contributed by atoms with E-state index in [2.05, 4.69) is 58.4 Å². The van der Waals surface area contributed by atoms with E-state index in [-0.39, 0.29) is 5.91 Å². The molecule has 6 heteroatoms. The third-order valence-corrected chi connectivity index (χ3v) is 5.81. The largest absolute Gasteiger partial charge is 0.497 e. The fourth-order valence-electron chi connectivity index (χ4n) is 3.90. The summed E-state index contributed by atoms with van der Waals surface area (Å²) in [6, 6.07) is 25.7. The molecule has 0 bridgehead atoms. The lowest BCUT2D eigenvalue weighted by atomic mass is 10.1. The number of aryl methyl sites for hydroxylation is 1. The summed E-state index contributed by atoms with van der Waals surface area (Å²) in [4.78, 5) is 22.4. The van der Waals surface area contributed by atoms with Crippen LogP contribution >= 0.6 is 0 Å². The average Bonchev–Trinajstić information content (AvgIpc) is 2.89. The zero-order valence-corrected chi connectivity index (χ0v) is 19.2. The number of nitrogens with zero attached hydrogens (tertiary/aromatic N) is 3. The highest BCUT2D eigenvalue weighted by Crippen LogP contribution is 2.19. The van der Waals surface area contributed by atoms with Crippen LogP contribution in [0, 0.1) is 0 Å². The number of piperazine rings is 1. The number of nitrogens with one attached hydrogen (secondary N) is 1. The first-order valence-electron chi connectivity index (χ1n) is 11.3. The maximum absolute atomic E-state index is 13.1. The first kappa shape index (κ1) is 22.4. The lowest BCUT2D eigenvalue weighted by molar-refractivity contribution is 0.0971. The highest BCUT2D eigenvalue weighted by Gasteiger charge is 2.22. The molecule has 6 nitrogen and oxygen atoms in total. The molecule has 1 heterocycles. The third-order valence-electron chi connectivity index (χ3n) is 5.81. The molecule has 1 amide bonds. The van der Waals surface area contributed by atoms with E-state index in [4.69, 9.17) is 9.73 Å². The zero-order valence-electron chi connectivity index (χ0n) is 19.2. The second kappa shape index (κ2) is 10.7. The van der Waals surface area contributed by atoms with E-state index in [1.54, 1.807) is 19.2 Å². The summed E-state index contributed by atoms with van der Waals surface area (Å²) < 4.78 is 5.28. The molecule has 0 saturated carbocycles. The van der Waals surface area contributed by atoms with Crippen LogP contribution in [0.15, 0.2) is 83.9 Å².